The Hall–Kier alpha value is -3.54. The highest BCUT2D eigenvalue weighted by molar-refractivity contribution is 7.89. The number of carbonyl (C=O) groups excluding carboxylic acids is 2. The minimum absolute atomic E-state index is 0.0265. The predicted octanol–water partition coefficient (Wildman–Crippen LogP) is 2.29. The molecule has 2 heterocycles. The topological polar surface area (TPSA) is 138 Å². The van der Waals surface area contributed by atoms with Gasteiger partial charge in [-0.1, -0.05) is 18.2 Å². The Morgan fingerprint density at radius 1 is 1.11 bits per heavy atom. The maximum absolute atomic E-state index is 13.1. The van der Waals surface area contributed by atoms with Crippen molar-refractivity contribution in [1.82, 2.24) is 20.1 Å². The summed E-state index contributed by atoms with van der Waals surface area (Å²) in [5.74, 6) is -0.555. The molecule has 3 aromatic rings. The zero-order chi connectivity index (χ0) is 25.9. The van der Waals surface area contributed by atoms with Crippen LogP contribution in [-0.2, 0) is 26.2 Å². The molecule has 0 aliphatic carbocycles. The Morgan fingerprint density at radius 2 is 1.78 bits per heavy atom. The summed E-state index contributed by atoms with van der Waals surface area (Å²) in [6.07, 6.45) is 0.0530. The number of likely N-dealkylation sites (tertiary alicyclic amines) is 1. The van der Waals surface area contributed by atoms with Crippen molar-refractivity contribution < 1.29 is 28.0 Å². The van der Waals surface area contributed by atoms with Crippen LogP contribution >= 0.6 is 0 Å². The highest BCUT2D eigenvalue weighted by Crippen LogP contribution is 2.27. The molecule has 1 aliphatic rings. The number of ether oxygens (including phenoxy) is 1. The highest BCUT2D eigenvalue weighted by atomic mass is 32.2. The lowest BCUT2D eigenvalue weighted by molar-refractivity contribution is -0.140. The molecular formula is C25H28N4O6S. The largest absolute Gasteiger partial charge is 0.489 e. The first-order valence-corrected chi connectivity index (χ1v) is 12.9. The van der Waals surface area contributed by atoms with Crippen LogP contribution in [0.25, 0.3) is 10.9 Å². The normalized spacial score (nSPS) is 15.5. The molecule has 1 aliphatic heterocycles. The van der Waals surface area contributed by atoms with Crippen LogP contribution in [0.4, 0.5) is 0 Å². The van der Waals surface area contributed by atoms with E-state index >= 15 is 0 Å². The van der Waals surface area contributed by atoms with Gasteiger partial charge in [0, 0.05) is 36.7 Å². The second-order valence-corrected chi connectivity index (χ2v) is 10.5. The summed E-state index contributed by atoms with van der Waals surface area (Å²) in [5.41, 5.74) is 2.69. The maximum atomic E-state index is 13.1. The molecule has 1 saturated heterocycles. The Balaban J connectivity index is 1.48. The van der Waals surface area contributed by atoms with E-state index in [0.29, 0.717) is 5.75 Å². The zero-order valence-electron chi connectivity index (χ0n) is 20.0. The Bertz CT molecular complexity index is 1380. The number of amides is 2. The van der Waals surface area contributed by atoms with Gasteiger partial charge in [-0.2, -0.15) is 4.72 Å². The molecule has 36 heavy (non-hydrogen) atoms. The van der Waals surface area contributed by atoms with Gasteiger partial charge in [0.1, 0.15) is 17.9 Å². The van der Waals surface area contributed by atoms with Gasteiger partial charge in [-0.15, -0.1) is 0 Å². The van der Waals surface area contributed by atoms with Crippen LogP contribution in [0.3, 0.4) is 0 Å². The number of aromatic nitrogens is 1. The molecule has 0 spiro atoms. The molecule has 10 nitrogen and oxygen atoms in total. The fourth-order valence-corrected chi connectivity index (χ4v) is 5.82. The third kappa shape index (κ3) is 5.32. The quantitative estimate of drug-likeness (QED) is 0.326. The lowest BCUT2D eigenvalue weighted by Gasteiger charge is -2.39. The molecule has 1 aromatic heterocycles. The highest BCUT2D eigenvalue weighted by Gasteiger charge is 2.45. The summed E-state index contributed by atoms with van der Waals surface area (Å²) in [6.45, 7) is 3.96. The minimum Gasteiger partial charge on any atom is -0.489 e. The standard InChI is InChI=1S/C25H28N4O6S/c1-17-15-19(22-5-3-4-6-23(22)26-17)16-35-20-7-9-21(10-8-20)36(33,34)28-25(24(31)27-32)11-13-29(14-12-25)18(2)30/h3-10,15,28,32H,11-14,16H2,1-2H3,(H,27,31). The molecule has 2 aromatic carbocycles. The molecule has 11 heteroatoms. The summed E-state index contributed by atoms with van der Waals surface area (Å²) in [5, 5.41) is 10.2. The van der Waals surface area contributed by atoms with Crippen LogP contribution in [0, 0.1) is 6.92 Å². The van der Waals surface area contributed by atoms with Crippen molar-refractivity contribution in [3.05, 3.63) is 65.9 Å². The number of pyridine rings is 1. The zero-order valence-corrected chi connectivity index (χ0v) is 20.8. The number of rotatable bonds is 7. The number of aryl methyl sites for hydroxylation is 1. The number of nitrogens with one attached hydrogen (secondary N) is 2. The number of para-hydroxylation sites is 1. The van der Waals surface area contributed by atoms with Crippen LogP contribution in [0.2, 0.25) is 0 Å². The molecule has 3 N–H and O–H groups in total. The van der Waals surface area contributed by atoms with E-state index in [-0.39, 0.29) is 43.3 Å². The summed E-state index contributed by atoms with van der Waals surface area (Å²) in [7, 11) is -4.12. The fraction of sp³-hybridized carbons (Fsp3) is 0.320. The SMILES string of the molecule is CC(=O)N1CCC(NS(=O)(=O)c2ccc(OCc3cc(C)nc4ccccc34)cc2)(C(=O)NO)CC1. The van der Waals surface area contributed by atoms with E-state index < -0.39 is 21.5 Å². The van der Waals surface area contributed by atoms with Crippen molar-refractivity contribution in [2.24, 2.45) is 0 Å². The van der Waals surface area contributed by atoms with Gasteiger partial charge in [0.2, 0.25) is 15.9 Å². The maximum Gasteiger partial charge on any atom is 0.264 e. The van der Waals surface area contributed by atoms with Gasteiger partial charge in [-0.3, -0.25) is 19.8 Å². The van der Waals surface area contributed by atoms with E-state index in [1.165, 1.54) is 24.0 Å². The number of fused-ring (bicyclic) bond motifs is 1. The van der Waals surface area contributed by atoms with Crippen LogP contribution in [0.5, 0.6) is 5.75 Å². The van der Waals surface area contributed by atoms with Gasteiger partial charge in [0.25, 0.3) is 5.91 Å². The second kappa shape index (κ2) is 10.2. The molecule has 1 fully saturated rings. The Morgan fingerprint density at radius 3 is 2.42 bits per heavy atom. The van der Waals surface area contributed by atoms with Crippen molar-refractivity contribution in [3.63, 3.8) is 0 Å². The molecule has 2 amide bonds. The molecule has 190 valence electrons. The molecular weight excluding hydrogens is 484 g/mol. The third-order valence-electron chi connectivity index (χ3n) is 6.39. The van der Waals surface area contributed by atoms with Crippen LogP contribution in [-0.4, -0.2) is 54.0 Å². The van der Waals surface area contributed by atoms with E-state index in [1.54, 1.807) is 17.6 Å². The van der Waals surface area contributed by atoms with E-state index in [2.05, 4.69) is 9.71 Å². The first-order valence-electron chi connectivity index (χ1n) is 11.5. The third-order valence-corrected chi connectivity index (χ3v) is 7.94. The number of hydroxylamine groups is 1. The van der Waals surface area contributed by atoms with Crippen molar-refractivity contribution in [2.45, 2.75) is 43.7 Å². The summed E-state index contributed by atoms with van der Waals surface area (Å²) in [4.78, 5) is 30.1. The lowest BCUT2D eigenvalue weighted by atomic mass is 9.88. The second-order valence-electron chi connectivity index (χ2n) is 8.83. The van der Waals surface area contributed by atoms with Gasteiger partial charge in [0.15, 0.2) is 0 Å². The summed E-state index contributed by atoms with van der Waals surface area (Å²) >= 11 is 0. The van der Waals surface area contributed by atoms with Crippen molar-refractivity contribution in [3.8, 4) is 5.75 Å². The number of hydrogen-bond acceptors (Lipinski definition) is 7. The number of benzene rings is 2. The van der Waals surface area contributed by atoms with Crippen LogP contribution < -0.4 is 14.9 Å². The van der Waals surface area contributed by atoms with E-state index in [1.807, 2.05) is 37.3 Å². The molecule has 0 bridgehead atoms. The number of sulfonamides is 1. The van der Waals surface area contributed by atoms with Crippen molar-refractivity contribution >= 4 is 32.7 Å². The smallest absolute Gasteiger partial charge is 0.264 e. The average molecular weight is 513 g/mol. The van der Waals surface area contributed by atoms with Gasteiger partial charge >= 0.3 is 0 Å². The van der Waals surface area contributed by atoms with Crippen LogP contribution in [0.15, 0.2) is 59.5 Å². The van der Waals surface area contributed by atoms with Crippen molar-refractivity contribution in [2.75, 3.05) is 13.1 Å². The van der Waals surface area contributed by atoms with Crippen molar-refractivity contribution in [1.29, 1.82) is 0 Å². The van der Waals surface area contributed by atoms with E-state index in [0.717, 1.165) is 22.2 Å². The Kier molecular flexibility index (Phi) is 7.25. The molecule has 0 saturated carbocycles. The number of piperidine rings is 1. The first kappa shape index (κ1) is 25.5. The minimum atomic E-state index is -4.12. The van der Waals surface area contributed by atoms with Gasteiger partial charge in [-0.25, -0.2) is 13.9 Å². The predicted molar refractivity (Wildman–Crippen MR) is 132 cm³/mol. The van der Waals surface area contributed by atoms with Gasteiger partial charge in [0.05, 0.1) is 10.4 Å². The number of hydrogen-bond donors (Lipinski definition) is 3. The number of carbonyl (C=O) groups is 2. The first-order chi connectivity index (χ1) is 17.1. The Labute approximate surface area is 209 Å². The average Bonchev–Trinajstić information content (AvgIpc) is 2.87. The lowest BCUT2D eigenvalue weighted by Crippen LogP contribution is -2.63. The van der Waals surface area contributed by atoms with Gasteiger partial charge in [-0.05, 0) is 56.2 Å². The molecule has 0 radical (unpaired) electrons. The van der Waals surface area contributed by atoms with E-state index in [9.17, 15) is 23.2 Å². The fourth-order valence-electron chi connectivity index (χ4n) is 4.39. The van der Waals surface area contributed by atoms with Gasteiger partial charge < -0.3 is 9.64 Å². The molecule has 0 atom stereocenters. The summed E-state index contributed by atoms with van der Waals surface area (Å²) < 4.78 is 34.6. The van der Waals surface area contributed by atoms with Crippen LogP contribution in [0.1, 0.15) is 31.0 Å². The van der Waals surface area contributed by atoms with E-state index in [4.69, 9.17) is 4.74 Å². The number of nitrogens with zero attached hydrogens (tertiary/aromatic N) is 2. The monoisotopic (exact) mass is 512 g/mol. The molecule has 0 unspecified atom stereocenters. The molecule has 4 rings (SSSR count). The summed E-state index contributed by atoms with van der Waals surface area (Å²) in [6, 6.07) is 15.6.